The second-order valence-corrected chi connectivity index (χ2v) is 4.82. The van der Waals surface area contributed by atoms with Crippen molar-refractivity contribution in [2.45, 2.75) is 27.2 Å². The first-order chi connectivity index (χ1) is 8.19. The van der Waals surface area contributed by atoms with Crippen molar-refractivity contribution in [3.05, 3.63) is 0 Å². The molecule has 1 amide bonds. The van der Waals surface area contributed by atoms with E-state index in [0.717, 1.165) is 45.8 Å². The van der Waals surface area contributed by atoms with Crippen LogP contribution in [0.15, 0.2) is 0 Å². The van der Waals surface area contributed by atoms with Crippen molar-refractivity contribution >= 4 is 5.91 Å². The number of nitrogens with zero attached hydrogens (tertiary/aromatic N) is 1. The molecular formula is C13H26N2O2. The van der Waals surface area contributed by atoms with E-state index >= 15 is 0 Å². The van der Waals surface area contributed by atoms with Gasteiger partial charge < -0.3 is 15.0 Å². The molecular weight excluding hydrogens is 216 g/mol. The average molecular weight is 242 g/mol. The van der Waals surface area contributed by atoms with Crippen LogP contribution in [0.25, 0.3) is 0 Å². The monoisotopic (exact) mass is 242 g/mol. The third-order valence-corrected chi connectivity index (χ3v) is 3.32. The molecule has 4 nitrogen and oxygen atoms in total. The van der Waals surface area contributed by atoms with Gasteiger partial charge in [0.1, 0.15) is 0 Å². The van der Waals surface area contributed by atoms with Gasteiger partial charge in [-0.25, -0.2) is 0 Å². The highest BCUT2D eigenvalue weighted by Gasteiger charge is 2.24. The molecule has 0 aromatic rings. The van der Waals surface area contributed by atoms with Gasteiger partial charge >= 0.3 is 0 Å². The van der Waals surface area contributed by atoms with Crippen molar-refractivity contribution in [2.75, 3.05) is 39.4 Å². The molecule has 1 heterocycles. The highest BCUT2D eigenvalue weighted by atomic mass is 16.5. The molecule has 1 rings (SSSR count). The molecule has 2 atom stereocenters. The fourth-order valence-corrected chi connectivity index (χ4v) is 2.17. The number of ether oxygens (including phenoxy) is 1. The summed E-state index contributed by atoms with van der Waals surface area (Å²) in [6, 6.07) is 0. The summed E-state index contributed by atoms with van der Waals surface area (Å²) in [6.45, 7) is 11.1. The molecule has 1 aliphatic heterocycles. The maximum absolute atomic E-state index is 12.2. The SMILES string of the molecule is CCNCC(C)C(=O)N(CC)CC1CCOC1. The van der Waals surface area contributed by atoms with Gasteiger partial charge in [-0.15, -0.1) is 0 Å². The summed E-state index contributed by atoms with van der Waals surface area (Å²) in [5, 5.41) is 3.23. The summed E-state index contributed by atoms with van der Waals surface area (Å²) >= 11 is 0. The lowest BCUT2D eigenvalue weighted by molar-refractivity contribution is -0.135. The standard InChI is InChI=1S/C13H26N2O2/c1-4-14-8-11(3)13(16)15(5-2)9-12-6-7-17-10-12/h11-12,14H,4-10H2,1-3H3. The normalized spacial score (nSPS) is 21.5. The minimum absolute atomic E-state index is 0.0669. The summed E-state index contributed by atoms with van der Waals surface area (Å²) in [5.41, 5.74) is 0. The summed E-state index contributed by atoms with van der Waals surface area (Å²) in [4.78, 5) is 14.2. The summed E-state index contributed by atoms with van der Waals surface area (Å²) in [5.74, 6) is 0.864. The molecule has 0 aliphatic carbocycles. The molecule has 0 bridgehead atoms. The van der Waals surface area contributed by atoms with E-state index in [1.807, 2.05) is 18.7 Å². The van der Waals surface area contributed by atoms with Crippen LogP contribution in [0.2, 0.25) is 0 Å². The zero-order valence-corrected chi connectivity index (χ0v) is 11.4. The Hall–Kier alpha value is -0.610. The number of hydrogen-bond donors (Lipinski definition) is 1. The Bertz CT molecular complexity index is 227. The van der Waals surface area contributed by atoms with E-state index in [1.54, 1.807) is 0 Å². The number of carbonyl (C=O) groups excluding carboxylic acids is 1. The van der Waals surface area contributed by atoms with Gasteiger partial charge in [0.25, 0.3) is 0 Å². The van der Waals surface area contributed by atoms with Gasteiger partial charge in [0.15, 0.2) is 0 Å². The molecule has 2 unspecified atom stereocenters. The maximum Gasteiger partial charge on any atom is 0.226 e. The number of rotatable bonds is 7. The summed E-state index contributed by atoms with van der Waals surface area (Å²) in [7, 11) is 0. The Morgan fingerprint density at radius 2 is 2.29 bits per heavy atom. The molecule has 0 aromatic carbocycles. The smallest absolute Gasteiger partial charge is 0.226 e. The fraction of sp³-hybridized carbons (Fsp3) is 0.923. The van der Waals surface area contributed by atoms with Crippen LogP contribution in [-0.2, 0) is 9.53 Å². The van der Waals surface area contributed by atoms with Crippen LogP contribution in [0, 0.1) is 11.8 Å². The zero-order valence-electron chi connectivity index (χ0n) is 11.4. The first kappa shape index (κ1) is 14.5. The van der Waals surface area contributed by atoms with Gasteiger partial charge in [0.05, 0.1) is 6.61 Å². The maximum atomic E-state index is 12.2. The van der Waals surface area contributed by atoms with Gasteiger partial charge in [-0.05, 0) is 19.9 Å². The van der Waals surface area contributed by atoms with Crippen molar-refractivity contribution < 1.29 is 9.53 Å². The highest BCUT2D eigenvalue weighted by Crippen LogP contribution is 2.15. The summed E-state index contributed by atoms with van der Waals surface area (Å²) in [6.07, 6.45) is 1.09. The molecule has 0 aromatic heterocycles. The van der Waals surface area contributed by atoms with E-state index in [2.05, 4.69) is 12.2 Å². The van der Waals surface area contributed by atoms with E-state index in [0.29, 0.717) is 5.92 Å². The fourth-order valence-electron chi connectivity index (χ4n) is 2.17. The van der Waals surface area contributed by atoms with Gasteiger partial charge in [-0.2, -0.15) is 0 Å². The van der Waals surface area contributed by atoms with Crippen LogP contribution in [0.1, 0.15) is 27.2 Å². The topological polar surface area (TPSA) is 41.6 Å². The van der Waals surface area contributed by atoms with Gasteiger partial charge in [0.2, 0.25) is 5.91 Å². The molecule has 1 saturated heterocycles. The molecule has 4 heteroatoms. The predicted molar refractivity (Wildman–Crippen MR) is 68.9 cm³/mol. The summed E-state index contributed by atoms with van der Waals surface area (Å²) < 4.78 is 5.36. The van der Waals surface area contributed by atoms with Crippen LogP contribution in [0.5, 0.6) is 0 Å². The number of carbonyl (C=O) groups is 1. The first-order valence-electron chi connectivity index (χ1n) is 6.76. The lowest BCUT2D eigenvalue weighted by atomic mass is 10.1. The highest BCUT2D eigenvalue weighted by molar-refractivity contribution is 5.78. The van der Waals surface area contributed by atoms with E-state index in [-0.39, 0.29) is 11.8 Å². The third-order valence-electron chi connectivity index (χ3n) is 3.32. The van der Waals surface area contributed by atoms with E-state index in [4.69, 9.17) is 4.74 Å². The molecule has 1 aliphatic rings. The van der Waals surface area contributed by atoms with E-state index in [9.17, 15) is 4.79 Å². The molecule has 0 saturated carbocycles. The number of amides is 1. The van der Waals surface area contributed by atoms with Crippen molar-refractivity contribution in [3.8, 4) is 0 Å². The minimum atomic E-state index is 0.0669. The second-order valence-electron chi connectivity index (χ2n) is 4.82. The van der Waals surface area contributed by atoms with Crippen LogP contribution < -0.4 is 5.32 Å². The molecule has 17 heavy (non-hydrogen) atoms. The van der Waals surface area contributed by atoms with Crippen LogP contribution in [-0.4, -0.2) is 50.2 Å². The Labute approximate surface area is 105 Å². The predicted octanol–water partition coefficient (Wildman–Crippen LogP) is 1.12. The Balaban J connectivity index is 2.39. The van der Waals surface area contributed by atoms with Crippen molar-refractivity contribution in [2.24, 2.45) is 11.8 Å². The van der Waals surface area contributed by atoms with Crippen molar-refractivity contribution in [3.63, 3.8) is 0 Å². The minimum Gasteiger partial charge on any atom is -0.381 e. The van der Waals surface area contributed by atoms with Gasteiger partial charge in [-0.1, -0.05) is 13.8 Å². The van der Waals surface area contributed by atoms with Crippen LogP contribution in [0.4, 0.5) is 0 Å². The van der Waals surface area contributed by atoms with Gasteiger partial charge in [0, 0.05) is 38.1 Å². The Kier molecular flexibility index (Phi) is 6.52. The largest absolute Gasteiger partial charge is 0.381 e. The number of nitrogens with one attached hydrogen (secondary N) is 1. The Morgan fingerprint density at radius 1 is 1.53 bits per heavy atom. The average Bonchev–Trinajstić information content (AvgIpc) is 2.84. The first-order valence-corrected chi connectivity index (χ1v) is 6.76. The van der Waals surface area contributed by atoms with Crippen LogP contribution in [0.3, 0.4) is 0 Å². The van der Waals surface area contributed by atoms with E-state index < -0.39 is 0 Å². The Morgan fingerprint density at radius 3 is 2.82 bits per heavy atom. The second kappa shape index (κ2) is 7.67. The van der Waals surface area contributed by atoms with Crippen molar-refractivity contribution in [1.82, 2.24) is 10.2 Å². The molecule has 0 spiro atoms. The van der Waals surface area contributed by atoms with Crippen LogP contribution >= 0.6 is 0 Å². The third kappa shape index (κ3) is 4.64. The molecule has 1 N–H and O–H groups in total. The molecule has 0 radical (unpaired) electrons. The zero-order chi connectivity index (χ0) is 12.7. The molecule has 100 valence electrons. The number of hydrogen-bond acceptors (Lipinski definition) is 3. The van der Waals surface area contributed by atoms with Gasteiger partial charge in [-0.3, -0.25) is 4.79 Å². The lowest BCUT2D eigenvalue weighted by Crippen LogP contribution is -2.41. The molecule has 1 fully saturated rings. The van der Waals surface area contributed by atoms with E-state index in [1.165, 1.54) is 0 Å². The lowest BCUT2D eigenvalue weighted by Gasteiger charge is -2.26. The van der Waals surface area contributed by atoms with Crippen molar-refractivity contribution in [1.29, 1.82) is 0 Å². The quantitative estimate of drug-likeness (QED) is 0.727.